The lowest BCUT2D eigenvalue weighted by Crippen LogP contribution is -2.42. The fourth-order valence-electron chi connectivity index (χ4n) is 2.82. The lowest BCUT2D eigenvalue weighted by Gasteiger charge is -2.28. The zero-order chi connectivity index (χ0) is 19.4. The van der Waals surface area contributed by atoms with E-state index in [9.17, 15) is 9.59 Å². The van der Waals surface area contributed by atoms with Gasteiger partial charge in [-0.2, -0.15) is 0 Å². The molecule has 2 aromatic carbocycles. The first-order chi connectivity index (χ1) is 12.8. The lowest BCUT2D eigenvalue weighted by atomic mass is 9.99. The van der Waals surface area contributed by atoms with Crippen LogP contribution in [0.5, 0.6) is 0 Å². The Labute approximate surface area is 164 Å². The first-order valence-electron chi connectivity index (χ1n) is 9.03. The van der Waals surface area contributed by atoms with Crippen LogP contribution in [0.4, 0.5) is 5.69 Å². The van der Waals surface area contributed by atoms with E-state index in [1.807, 2.05) is 48.5 Å². The van der Waals surface area contributed by atoms with Crippen LogP contribution in [0.1, 0.15) is 36.7 Å². The van der Waals surface area contributed by atoms with Gasteiger partial charge >= 0.3 is 0 Å². The minimum Gasteiger partial charge on any atom is -0.329 e. The smallest absolute Gasteiger partial charge is 0.254 e. The molecule has 1 aliphatic heterocycles. The summed E-state index contributed by atoms with van der Waals surface area (Å²) in [6.07, 6.45) is 0.780. The van der Waals surface area contributed by atoms with Crippen LogP contribution in [0.25, 0.3) is 0 Å². The number of fused-ring (bicyclic) bond motifs is 1. The standard InChI is InChI=1S/C21H25N3O2S/c1-21(2,3)23-27-17-10-8-16(9-11-17)22-19(25)14-24-13-12-15-6-4-5-7-18(15)20(24)26/h4-11,23H,12-14H2,1-3H3,(H,22,25). The number of hydrogen-bond acceptors (Lipinski definition) is 4. The maximum atomic E-state index is 12.5. The molecule has 2 amide bonds. The van der Waals surface area contributed by atoms with Crippen LogP contribution in [-0.4, -0.2) is 35.3 Å². The number of hydrogen-bond donors (Lipinski definition) is 2. The van der Waals surface area contributed by atoms with Gasteiger partial charge in [0.15, 0.2) is 0 Å². The average Bonchev–Trinajstić information content (AvgIpc) is 2.63. The Kier molecular flexibility index (Phi) is 5.87. The summed E-state index contributed by atoms with van der Waals surface area (Å²) in [5.74, 6) is -0.261. The maximum absolute atomic E-state index is 12.5. The van der Waals surface area contributed by atoms with Crippen LogP contribution >= 0.6 is 11.9 Å². The maximum Gasteiger partial charge on any atom is 0.254 e. The van der Waals surface area contributed by atoms with Crippen molar-refractivity contribution in [1.29, 1.82) is 0 Å². The van der Waals surface area contributed by atoms with Crippen molar-refractivity contribution in [3.05, 3.63) is 59.7 Å². The molecule has 1 heterocycles. The van der Waals surface area contributed by atoms with Crippen LogP contribution in [0, 0.1) is 0 Å². The van der Waals surface area contributed by atoms with Gasteiger partial charge in [0.1, 0.15) is 6.54 Å². The molecule has 0 aliphatic carbocycles. The van der Waals surface area contributed by atoms with Gasteiger partial charge in [0, 0.05) is 28.2 Å². The summed E-state index contributed by atoms with van der Waals surface area (Å²) >= 11 is 1.56. The highest BCUT2D eigenvalue weighted by Gasteiger charge is 2.25. The summed E-state index contributed by atoms with van der Waals surface area (Å²) in [4.78, 5) is 27.6. The molecular formula is C21H25N3O2S. The van der Waals surface area contributed by atoms with E-state index in [-0.39, 0.29) is 23.9 Å². The monoisotopic (exact) mass is 383 g/mol. The molecule has 0 saturated heterocycles. The van der Waals surface area contributed by atoms with Crippen molar-refractivity contribution >= 4 is 29.4 Å². The predicted octanol–water partition coefficient (Wildman–Crippen LogP) is 3.72. The van der Waals surface area contributed by atoms with Gasteiger partial charge in [-0.05, 0) is 75.0 Å². The Hall–Kier alpha value is -2.31. The SMILES string of the molecule is CC(C)(C)NSc1ccc(NC(=O)CN2CCc3ccccc3C2=O)cc1. The Bertz CT molecular complexity index is 828. The van der Waals surface area contributed by atoms with Gasteiger partial charge in [-0.15, -0.1) is 0 Å². The second kappa shape index (κ2) is 8.15. The van der Waals surface area contributed by atoms with E-state index < -0.39 is 0 Å². The van der Waals surface area contributed by atoms with E-state index >= 15 is 0 Å². The third-order valence-electron chi connectivity index (χ3n) is 4.13. The molecule has 3 rings (SSSR count). The summed E-state index contributed by atoms with van der Waals surface area (Å²) in [6, 6.07) is 15.3. The summed E-state index contributed by atoms with van der Waals surface area (Å²) in [5, 5.41) is 2.87. The highest BCUT2D eigenvalue weighted by atomic mass is 32.2. The fourth-order valence-corrected chi connectivity index (χ4v) is 3.51. The molecule has 142 valence electrons. The second-order valence-electron chi connectivity index (χ2n) is 7.66. The van der Waals surface area contributed by atoms with Gasteiger partial charge in [-0.3, -0.25) is 14.3 Å². The number of amides is 2. The topological polar surface area (TPSA) is 61.4 Å². The van der Waals surface area contributed by atoms with Gasteiger partial charge < -0.3 is 10.2 Å². The number of carbonyl (C=O) groups is 2. The number of nitrogens with one attached hydrogen (secondary N) is 2. The van der Waals surface area contributed by atoms with E-state index in [0.29, 0.717) is 12.1 Å². The summed E-state index contributed by atoms with van der Waals surface area (Å²) in [6.45, 7) is 6.95. The molecule has 27 heavy (non-hydrogen) atoms. The molecule has 0 spiro atoms. The number of benzene rings is 2. The largest absolute Gasteiger partial charge is 0.329 e. The van der Waals surface area contributed by atoms with E-state index in [0.717, 1.165) is 22.6 Å². The van der Waals surface area contributed by atoms with Crippen LogP contribution in [0.3, 0.4) is 0 Å². The van der Waals surface area contributed by atoms with Crippen molar-refractivity contribution in [1.82, 2.24) is 9.62 Å². The van der Waals surface area contributed by atoms with Crippen molar-refractivity contribution in [2.45, 2.75) is 37.6 Å². The third kappa shape index (κ3) is 5.34. The molecule has 0 fully saturated rings. The van der Waals surface area contributed by atoms with E-state index in [2.05, 4.69) is 30.8 Å². The fraction of sp³-hybridized carbons (Fsp3) is 0.333. The minimum atomic E-state index is -0.184. The van der Waals surface area contributed by atoms with Crippen LogP contribution in [-0.2, 0) is 11.2 Å². The number of nitrogens with zero attached hydrogens (tertiary/aromatic N) is 1. The first kappa shape index (κ1) is 19.5. The average molecular weight is 384 g/mol. The number of carbonyl (C=O) groups excluding carboxylic acids is 2. The molecule has 2 aromatic rings. The predicted molar refractivity (Wildman–Crippen MR) is 110 cm³/mol. The van der Waals surface area contributed by atoms with E-state index in [1.165, 1.54) is 0 Å². The molecule has 0 saturated carbocycles. The normalized spacial score (nSPS) is 14.0. The Balaban J connectivity index is 1.55. The first-order valence-corrected chi connectivity index (χ1v) is 9.84. The molecule has 6 heteroatoms. The molecule has 0 atom stereocenters. The lowest BCUT2D eigenvalue weighted by molar-refractivity contribution is -0.116. The molecule has 0 unspecified atom stereocenters. The summed E-state index contributed by atoms with van der Waals surface area (Å²) in [7, 11) is 0. The Morgan fingerprint density at radius 1 is 1.11 bits per heavy atom. The zero-order valence-corrected chi connectivity index (χ0v) is 16.7. The number of anilines is 1. The van der Waals surface area contributed by atoms with Crippen LogP contribution in [0.15, 0.2) is 53.4 Å². The second-order valence-corrected chi connectivity index (χ2v) is 8.54. The van der Waals surface area contributed by atoms with Crippen LogP contribution < -0.4 is 10.0 Å². The van der Waals surface area contributed by atoms with Crippen molar-refractivity contribution in [3.8, 4) is 0 Å². The van der Waals surface area contributed by atoms with Gasteiger partial charge in [0.25, 0.3) is 5.91 Å². The van der Waals surface area contributed by atoms with Gasteiger partial charge in [-0.25, -0.2) is 0 Å². The molecule has 5 nitrogen and oxygen atoms in total. The highest BCUT2D eigenvalue weighted by Crippen LogP contribution is 2.21. The molecule has 0 aromatic heterocycles. The molecule has 0 radical (unpaired) electrons. The van der Waals surface area contributed by atoms with Crippen LogP contribution in [0.2, 0.25) is 0 Å². The quantitative estimate of drug-likeness (QED) is 0.773. The molecule has 1 aliphatic rings. The van der Waals surface area contributed by atoms with Gasteiger partial charge in [-0.1, -0.05) is 18.2 Å². The minimum absolute atomic E-state index is 0.0250. The Morgan fingerprint density at radius 3 is 2.52 bits per heavy atom. The molecule has 2 N–H and O–H groups in total. The van der Waals surface area contributed by atoms with E-state index in [1.54, 1.807) is 16.8 Å². The van der Waals surface area contributed by atoms with E-state index in [4.69, 9.17) is 0 Å². The van der Waals surface area contributed by atoms with Crippen molar-refractivity contribution in [3.63, 3.8) is 0 Å². The summed E-state index contributed by atoms with van der Waals surface area (Å²) < 4.78 is 3.35. The van der Waals surface area contributed by atoms with Gasteiger partial charge in [0.05, 0.1) is 0 Å². The molecular weight excluding hydrogens is 358 g/mol. The zero-order valence-electron chi connectivity index (χ0n) is 15.9. The van der Waals surface area contributed by atoms with Crippen molar-refractivity contribution < 1.29 is 9.59 Å². The molecule has 0 bridgehead atoms. The highest BCUT2D eigenvalue weighted by molar-refractivity contribution is 7.97. The van der Waals surface area contributed by atoms with Gasteiger partial charge in [0.2, 0.25) is 5.91 Å². The summed E-state index contributed by atoms with van der Waals surface area (Å²) in [5.41, 5.74) is 2.50. The van der Waals surface area contributed by atoms with Crippen molar-refractivity contribution in [2.24, 2.45) is 0 Å². The van der Waals surface area contributed by atoms with Crippen molar-refractivity contribution in [2.75, 3.05) is 18.4 Å². The third-order valence-corrected chi connectivity index (χ3v) is 5.36. The Morgan fingerprint density at radius 2 is 1.81 bits per heavy atom. The number of rotatable bonds is 5.